The number of fused-ring (bicyclic) bond motifs is 1. The predicted molar refractivity (Wildman–Crippen MR) is 95.2 cm³/mol. The summed E-state index contributed by atoms with van der Waals surface area (Å²) in [7, 11) is 2.17. The number of benzene rings is 2. The van der Waals surface area contributed by atoms with Gasteiger partial charge in [0.15, 0.2) is 6.61 Å². The first-order chi connectivity index (χ1) is 11.7. The molecule has 2 fully saturated rings. The number of nitrogens with zero attached hydrogens (tertiary/aromatic N) is 2. The quantitative estimate of drug-likeness (QED) is 0.870. The van der Waals surface area contributed by atoms with Crippen LogP contribution in [0.2, 0.25) is 0 Å². The van der Waals surface area contributed by atoms with Crippen molar-refractivity contribution in [3.05, 3.63) is 42.5 Å². The topological polar surface area (TPSA) is 32.8 Å². The minimum atomic E-state index is 0.0996. The van der Waals surface area contributed by atoms with E-state index in [0.717, 1.165) is 37.2 Å². The average molecular weight is 324 g/mol. The first kappa shape index (κ1) is 15.5. The lowest BCUT2D eigenvalue weighted by Gasteiger charge is -2.55. The second-order valence-electron chi connectivity index (χ2n) is 7.11. The Balaban J connectivity index is 1.38. The van der Waals surface area contributed by atoms with Gasteiger partial charge in [-0.25, -0.2) is 0 Å². The fourth-order valence-corrected chi connectivity index (χ4v) is 3.99. The smallest absolute Gasteiger partial charge is 0.260 e. The summed E-state index contributed by atoms with van der Waals surface area (Å²) < 4.78 is 5.77. The van der Waals surface area contributed by atoms with Crippen LogP contribution in [-0.4, -0.2) is 54.5 Å². The van der Waals surface area contributed by atoms with Crippen LogP contribution in [0.1, 0.15) is 19.3 Å². The molecule has 0 bridgehead atoms. The molecule has 4 rings (SSSR count). The molecule has 2 heterocycles. The van der Waals surface area contributed by atoms with E-state index in [1.54, 1.807) is 0 Å². The van der Waals surface area contributed by atoms with E-state index >= 15 is 0 Å². The van der Waals surface area contributed by atoms with Gasteiger partial charge in [0.05, 0.1) is 0 Å². The zero-order valence-electron chi connectivity index (χ0n) is 14.2. The predicted octanol–water partition coefficient (Wildman–Crippen LogP) is 2.92. The number of amides is 1. The van der Waals surface area contributed by atoms with E-state index in [1.165, 1.54) is 18.2 Å². The summed E-state index contributed by atoms with van der Waals surface area (Å²) in [5.41, 5.74) is 0.233. The van der Waals surface area contributed by atoms with Crippen LogP contribution < -0.4 is 4.74 Å². The van der Waals surface area contributed by atoms with E-state index in [-0.39, 0.29) is 18.1 Å². The van der Waals surface area contributed by atoms with Crippen LogP contribution >= 0.6 is 0 Å². The van der Waals surface area contributed by atoms with Crippen molar-refractivity contribution in [2.24, 2.45) is 0 Å². The van der Waals surface area contributed by atoms with E-state index in [1.807, 2.05) is 35.2 Å². The first-order valence-electron chi connectivity index (χ1n) is 8.77. The minimum absolute atomic E-state index is 0.0996. The molecule has 2 aliphatic heterocycles. The van der Waals surface area contributed by atoms with Crippen LogP contribution in [0.25, 0.3) is 10.8 Å². The van der Waals surface area contributed by atoms with Gasteiger partial charge in [-0.15, -0.1) is 0 Å². The van der Waals surface area contributed by atoms with Crippen molar-refractivity contribution >= 4 is 16.7 Å². The van der Waals surface area contributed by atoms with Crippen LogP contribution in [0.4, 0.5) is 0 Å². The number of ether oxygens (including phenoxy) is 1. The summed E-state index contributed by atoms with van der Waals surface area (Å²) in [6, 6.07) is 14.1. The maximum absolute atomic E-state index is 12.6. The van der Waals surface area contributed by atoms with Gasteiger partial charge in [-0.3, -0.25) is 9.69 Å². The molecule has 24 heavy (non-hydrogen) atoms. The summed E-state index contributed by atoms with van der Waals surface area (Å²) in [6.45, 7) is 2.98. The standard InChI is InChI=1S/C20H24N2O2/c1-21-12-10-20(21)9-4-11-22(15-20)19(23)14-24-18-8-7-16-5-2-3-6-17(16)13-18/h2-3,5-8,13H,4,9-12,14-15H2,1H3/t20-/m0/s1. The summed E-state index contributed by atoms with van der Waals surface area (Å²) in [5.74, 6) is 0.858. The lowest BCUT2D eigenvalue weighted by atomic mass is 9.78. The molecule has 1 spiro atoms. The van der Waals surface area contributed by atoms with E-state index in [2.05, 4.69) is 24.1 Å². The van der Waals surface area contributed by atoms with Gasteiger partial charge in [0.2, 0.25) is 0 Å². The molecule has 126 valence electrons. The molecule has 0 radical (unpaired) electrons. The van der Waals surface area contributed by atoms with Crippen molar-refractivity contribution in [2.75, 3.05) is 33.3 Å². The van der Waals surface area contributed by atoms with Crippen molar-refractivity contribution < 1.29 is 9.53 Å². The second kappa shape index (κ2) is 6.10. The summed E-state index contributed by atoms with van der Waals surface area (Å²) >= 11 is 0. The zero-order chi connectivity index (χ0) is 16.6. The summed E-state index contributed by atoms with van der Waals surface area (Å²) in [4.78, 5) is 16.9. The number of likely N-dealkylation sites (tertiary alicyclic amines) is 2. The lowest BCUT2D eigenvalue weighted by Crippen LogP contribution is -2.66. The summed E-state index contributed by atoms with van der Waals surface area (Å²) in [5, 5.41) is 2.32. The molecule has 2 aromatic carbocycles. The SMILES string of the molecule is CN1CC[C@]12CCCN(C(=O)COc1ccc3ccccc3c1)C2. The minimum Gasteiger partial charge on any atom is -0.484 e. The van der Waals surface area contributed by atoms with E-state index in [4.69, 9.17) is 4.74 Å². The van der Waals surface area contributed by atoms with Gasteiger partial charge in [-0.05, 0) is 49.2 Å². The highest BCUT2D eigenvalue weighted by atomic mass is 16.5. The first-order valence-corrected chi connectivity index (χ1v) is 8.77. The molecule has 2 saturated heterocycles. The third-order valence-electron chi connectivity index (χ3n) is 5.71. The number of hydrogen-bond acceptors (Lipinski definition) is 3. The molecule has 4 nitrogen and oxygen atoms in total. The highest BCUT2D eigenvalue weighted by Crippen LogP contribution is 2.37. The van der Waals surface area contributed by atoms with Gasteiger partial charge in [0, 0.05) is 25.2 Å². The van der Waals surface area contributed by atoms with Gasteiger partial charge in [0.25, 0.3) is 5.91 Å². The van der Waals surface area contributed by atoms with Crippen molar-refractivity contribution in [3.8, 4) is 5.75 Å². The Labute approximate surface area is 143 Å². The average Bonchev–Trinajstić information content (AvgIpc) is 2.64. The van der Waals surface area contributed by atoms with Crippen LogP contribution in [0.15, 0.2) is 42.5 Å². The third kappa shape index (κ3) is 2.75. The van der Waals surface area contributed by atoms with E-state index in [0.29, 0.717) is 0 Å². The molecular formula is C20H24N2O2. The highest BCUT2D eigenvalue weighted by molar-refractivity contribution is 5.84. The maximum Gasteiger partial charge on any atom is 0.260 e. The second-order valence-corrected chi connectivity index (χ2v) is 7.11. The molecule has 0 saturated carbocycles. The van der Waals surface area contributed by atoms with Crippen molar-refractivity contribution in [1.82, 2.24) is 9.80 Å². The highest BCUT2D eigenvalue weighted by Gasteiger charge is 2.45. The van der Waals surface area contributed by atoms with Crippen LogP contribution in [0.5, 0.6) is 5.75 Å². The van der Waals surface area contributed by atoms with Crippen LogP contribution in [0, 0.1) is 0 Å². The number of piperidine rings is 1. The zero-order valence-corrected chi connectivity index (χ0v) is 14.2. The Kier molecular flexibility index (Phi) is 3.93. The fourth-order valence-electron chi connectivity index (χ4n) is 3.99. The Bertz CT molecular complexity index is 760. The molecule has 0 aromatic heterocycles. The lowest BCUT2D eigenvalue weighted by molar-refractivity contribution is -0.141. The fraction of sp³-hybridized carbons (Fsp3) is 0.450. The molecule has 0 unspecified atom stereocenters. The molecular weight excluding hydrogens is 300 g/mol. The van der Waals surface area contributed by atoms with Gasteiger partial charge in [-0.2, -0.15) is 0 Å². The van der Waals surface area contributed by atoms with Gasteiger partial charge in [0.1, 0.15) is 5.75 Å². The third-order valence-corrected chi connectivity index (χ3v) is 5.71. The Morgan fingerprint density at radius 1 is 1.12 bits per heavy atom. The summed E-state index contributed by atoms with van der Waals surface area (Å²) in [6.07, 6.45) is 3.50. The van der Waals surface area contributed by atoms with E-state index in [9.17, 15) is 4.79 Å². The number of likely N-dealkylation sites (N-methyl/N-ethyl adjacent to an activating group) is 1. The Hall–Kier alpha value is -2.07. The number of carbonyl (C=O) groups is 1. The van der Waals surface area contributed by atoms with Crippen molar-refractivity contribution in [3.63, 3.8) is 0 Å². The molecule has 1 amide bonds. The van der Waals surface area contributed by atoms with Gasteiger partial charge >= 0.3 is 0 Å². The van der Waals surface area contributed by atoms with Crippen molar-refractivity contribution in [2.45, 2.75) is 24.8 Å². The van der Waals surface area contributed by atoms with Crippen molar-refractivity contribution in [1.29, 1.82) is 0 Å². The number of hydrogen-bond donors (Lipinski definition) is 0. The van der Waals surface area contributed by atoms with Crippen LogP contribution in [0.3, 0.4) is 0 Å². The van der Waals surface area contributed by atoms with E-state index < -0.39 is 0 Å². The molecule has 1 atom stereocenters. The number of carbonyl (C=O) groups excluding carboxylic acids is 1. The monoisotopic (exact) mass is 324 g/mol. The molecule has 2 aromatic rings. The van der Waals surface area contributed by atoms with Crippen LogP contribution in [-0.2, 0) is 4.79 Å². The normalized spacial score (nSPS) is 24.1. The molecule has 0 aliphatic carbocycles. The number of rotatable bonds is 3. The molecule has 0 N–H and O–H groups in total. The Morgan fingerprint density at radius 3 is 2.71 bits per heavy atom. The maximum atomic E-state index is 12.6. The molecule has 4 heteroatoms. The van der Waals surface area contributed by atoms with Gasteiger partial charge in [-0.1, -0.05) is 30.3 Å². The largest absolute Gasteiger partial charge is 0.484 e. The van der Waals surface area contributed by atoms with Gasteiger partial charge < -0.3 is 9.64 Å². The molecule has 2 aliphatic rings. The Morgan fingerprint density at radius 2 is 1.96 bits per heavy atom.